The van der Waals surface area contributed by atoms with Gasteiger partial charge < -0.3 is 20.9 Å². The number of halogens is 1. The van der Waals surface area contributed by atoms with Crippen molar-refractivity contribution in [3.63, 3.8) is 0 Å². The van der Waals surface area contributed by atoms with Gasteiger partial charge in [0, 0.05) is 37.6 Å². The summed E-state index contributed by atoms with van der Waals surface area (Å²) in [5.41, 5.74) is 9.45. The van der Waals surface area contributed by atoms with E-state index < -0.39 is 5.82 Å². The number of aromatic nitrogens is 4. The van der Waals surface area contributed by atoms with E-state index in [1.165, 1.54) is 0 Å². The number of imidazole rings is 1. The molecule has 158 valence electrons. The van der Waals surface area contributed by atoms with Gasteiger partial charge >= 0.3 is 0 Å². The van der Waals surface area contributed by atoms with Crippen LogP contribution in [-0.4, -0.2) is 57.6 Å². The second kappa shape index (κ2) is 7.84. The number of hydrogen-bond acceptors (Lipinski definition) is 7. The zero-order chi connectivity index (χ0) is 21.4. The Kier molecular flexibility index (Phi) is 4.87. The number of nitrogens with two attached hydrogens (primary N) is 1. The van der Waals surface area contributed by atoms with Crippen LogP contribution in [-0.2, 0) is 0 Å². The van der Waals surface area contributed by atoms with E-state index in [1.807, 2.05) is 48.5 Å². The Morgan fingerprint density at radius 1 is 0.968 bits per heavy atom. The van der Waals surface area contributed by atoms with Crippen LogP contribution in [0.1, 0.15) is 0 Å². The van der Waals surface area contributed by atoms with Gasteiger partial charge in [0.05, 0.1) is 17.2 Å². The highest BCUT2D eigenvalue weighted by Crippen LogP contribution is 2.25. The first-order valence-electron chi connectivity index (χ1n) is 10.1. The Labute approximate surface area is 179 Å². The Morgan fingerprint density at radius 3 is 2.48 bits per heavy atom. The average molecular weight is 418 g/mol. The molecule has 0 amide bonds. The molecule has 0 atom stereocenters. The summed E-state index contributed by atoms with van der Waals surface area (Å²) in [6.45, 7) is 4.07. The van der Waals surface area contributed by atoms with Crippen LogP contribution in [0.15, 0.2) is 54.7 Å². The third-order valence-corrected chi connectivity index (χ3v) is 5.52. The van der Waals surface area contributed by atoms with Crippen LogP contribution >= 0.6 is 0 Å². The molecule has 0 bridgehead atoms. The van der Waals surface area contributed by atoms with Crippen molar-refractivity contribution in [1.29, 1.82) is 0 Å². The van der Waals surface area contributed by atoms with Crippen LogP contribution in [0.2, 0.25) is 0 Å². The molecule has 0 spiro atoms. The third-order valence-electron chi connectivity index (χ3n) is 5.52. The standard InChI is InChI=1S/C22H23FN8/c1-29-10-12-30(13-11-29)16-8-6-15(7-9-16)26-20-17(23)14-25-22(28-20)31-19-5-3-2-4-18(19)27-21(31)24/h2-9,14H,10-13H2,1H3,(H2,24,27)(H,25,26,28). The molecule has 2 aromatic carbocycles. The van der Waals surface area contributed by atoms with E-state index in [0.717, 1.165) is 54.8 Å². The van der Waals surface area contributed by atoms with Gasteiger partial charge in [0.2, 0.25) is 11.9 Å². The van der Waals surface area contributed by atoms with Crippen molar-refractivity contribution in [1.82, 2.24) is 24.4 Å². The van der Waals surface area contributed by atoms with Gasteiger partial charge in [-0.1, -0.05) is 12.1 Å². The fourth-order valence-electron chi connectivity index (χ4n) is 3.76. The lowest BCUT2D eigenvalue weighted by molar-refractivity contribution is 0.313. The van der Waals surface area contributed by atoms with Crippen LogP contribution < -0.4 is 16.0 Å². The van der Waals surface area contributed by atoms with Crippen molar-refractivity contribution in [3.8, 4) is 5.95 Å². The Balaban J connectivity index is 1.40. The molecular formula is C22H23FN8. The van der Waals surface area contributed by atoms with Crippen molar-refractivity contribution < 1.29 is 4.39 Å². The van der Waals surface area contributed by atoms with Gasteiger partial charge in [-0.25, -0.2) is 18.9 Å². The van der Waals surface area contributed by atoms with Gasteiger partial charge in [-0.2, -0.15) is 4.98 Å². The SMILES string of the molecule is CN1CCN(c2ccc(Nc3nc(-n4c(N)nc5ccccc54)ncc3F)cc2)CC1. The number of benzene rings is 2. The first kappa shape index (κ1) is 19.3. The molecule has 1 aliphatic heterocycles. The second-order valence-electron chi connectivity index (χ2n) is 7.62. The molecule has 9 heteroatoms. The van der Waals surface area contributed by atoms with Crippen LogP contribution in [0.4, 0.5) is 27.5 Å². The van der Waals surface area contributed by atoms with Gasteiger partial charge in [0.15, 0.2) is 11.6 Å². The summed E-state index contributed by atoms with van der Waals surface area (Å²) >= 11 is 0. The highest BCUT2D eigenvalue weighted by atomic mass is 19.1. The number of nitrogens with zero attached hydrogens (tertiary/aromatic N) is 6. The summed E-state index contributed by atoms with van der Waals surface area (Å²) in [5.74, 6) is 0.0314. The van der Waals surface area contributed by atoms with Crippen LogP contribution in [0.25, 0.3) is 17.0 Å². The van der Waals surface area contributed by atoms with Crippen molar-refractivity contribution in [2.45, 2.75) is 0 Å². The summed E-state index contributed by atoms with van der Waals surface area (Å²) in [6.07, 6.45) is 1.14. The summed E-state index contributed by atoms with van der Waals surface area (Å²) in [6, 6.07) is 15.4. The molecular weight excluding hydrogens is 395 g/mol. The van der Waals surface area contributed by atoms with E-state index in [9.17, 15) is 4.39 Å². The van der Waals surface area contributed by atoms with Gasteiger partial charge in [0.1, 0.15) is 0 Å². The maximum absolute atomic E-state index is 14.5. The summed E-state index contributed by atoms with van der Waals surface area (Å²) in [4.78, 5) is 17.5. The van der Waals surface area contributed by atoms with E-state index in [4.69, 9.17) is 5.73 Å². The van der Waals surface area contributed by atoms with E-state index in [2.05, 4.69) is 37.1 Å². The molecule has 1 saturated heterocycles. The average Bonchev–Trinajstić information content (AvgIpc) is 3.12. The molecule has 1 aliphatic rings. The molecule has 1 fully saturated rings. The third kappa shape index (κ3) is 3.75. The summed E-state index contributed by atoms with van der Waals surface area (Å²) < 4.78 is 16.1. The highest BCUT2D eigenvalue weighted by molar-refractivity contribution is 5.80. The maximum Gasteiger partial charge on any atom is 0.239 e. The first-order chi connectivity index (χ1) is 15.1. The number of hydrogen-bond donors (Lipinski definition) is 2. The quantitative estimate of drug-likeness (QED) is 0.527. The molecule has 0 radical (unpaired) electrons. The molecule has 2 aromatic heterocycles. The van der Waals surface area contributed by atoms with Crippen LogP contribution in [0, 0.1) is 5.82 Å². The summed E-state index contributed by atoms with van der Waals surface area (Å²) in [5, 5.41) is 3.05. The molecule has 31 heavy (non-hydrogen) atoms. The van der Waals surface area contributed by atoms with Crippen LogP contribution in [0.3, 0.4) is 0 Å². The van der Waals surface area contributed by atoms with Crippen molar-refractivity contribution in [2.24, 2.45) is 0 Å². The zero-order valence-electron chi connectivity index (χ0n) is 17.2. The number of piperazine rings is 1. The number of likely N-dealkylation sites (N-methyl/N-ethyl adjacent to an activating group) is 1. The molecule has 0 aliphatic carbocycles. The normalized spacial score (nSPS) is 14.8. The number of nitrogen functional groups attached to an aromatic ring is 1. The minimum Gasteiger partial charge on any atom is -0.369 e. The molecule has 3 N–H and O–H groups in total. The Morgan fingerprint density at radius 2 is 1.71 bits per heavy atom. The molecule has 4 aromatic rings. The largest absolute Gasteiger partial charge is 0.369 e. The van der Waals surface area contributed by atoms with Gasteiger partial charge in [-0.15, -0.1) is 0 Å². The fourth-order valence-corrected chi connectivity index (χ4v) is 3.76. The predicted octanol–water partition coefficient (Wildman–Crippen LogP) is 3.03. The zero-order valence-corrected chi connectivity index (χ0v) is 17.2. The molecule has 8 nitrogen and oxygen atoms in total. The van der Waals surface area contributed by atoms with Gasteiger partial charge in [-0.05, 0) is 43.4 Å². The van der Waals surface area contributed by atoms with Crippen LogP contribution in [0.5, 0.6) is 0 Å². The van der Waals surface area contributed by atoms with Gasteiger partial charge in [0.25, 0.3) is 0 Å². The van der Waals surface area contributed by atoms with E-state index in [-0.39, 0.29) is 17.7 Å². The van der Waals surface area contributed by atoms with Crippen molar-refractivity contribution in [3.05, 3.63) is 60.5 Å². The lowest BCUT2D eigenvalue weighted by Crippen LogP contribution is -2.44. The minimum atomic E-state index is -0.546. The molecule has 0 saturated carbocycles. The number of para-hydroxylation sites is 2. The van der Waals surface area contributed by atoms with E-state index in [1.54, 1.807) is 4.57 Å². The maximum atomic E-state index is 14.5. The first-order valence-corrected chi connectivity index (χ1v) is 10.1. The molecule has 0 unspecified atom stereocenters. The van der Waals surface area contributed by atoms with Gasteiger partial charge in [-0.3, -0.25) is 0 Å². The van der Waals surface area contributed by atoms with E-state index >= 15 is 0 Å². The fraction of sp³-hybridized carbons (Fsp3) is 0.227. The lowest BCUT2D eigenvalue weighted by atomic mass is 10.2. The van der Waals surface area contributed by atoms with Crippen molar-refractivity contribution >= 4 is 34.2 Å². The number of anilines is 4. The molecule has 5 rings (SSSR count). The second-order valence-corrected chi connectivity index (χ2v) is 7.62. The lowest BCUT2D eigenvalue weighted by Gasteiger charge is -2.34. The number of nitrogens with one attached hydrogen (secondary N) is 1. The predicted molar refractivity (Wildman–Crippen MR) is 120 cm³/mol. The van der Waals surface area contributed by atoms with Crippen molar-refractivity contribution in [2.75, 3.05) is 49.2 Å². The minimum absolute atomic E-state index is 0.0783. The van der Waals surface area contributed by atoms with E-state index in [0.29, 0.717) is 0 Å². The number of rotatable bonds is 4. The Hall–Kier alpha value is -3.72. The summed E-state index contributed by atoms with van der Waals surface area (Å²) in [7, 11) is 2.13. The smallest absolute Gasteiger partial charge is 0.239 e. The topological polar surface area (TPSA) is 88.1 Å². The number of fused-ring (bicyclic) bond motifs is 1. The monoisotopic (exact) mass is 418 g/mol. The molecule has 3 heterocycles. The Bertz CT molecular complexity index is 1210. The highest BCUT2D eigenvalue weighted by Gasteiger charge is 2.16.